The summed E-state index contributed by atoms with van der Waals surface area (Å²) < 4.78 is 0. The van der Waals surface area contributed by atoms with Crippen molar-refractivity contribution in [1.82, 2.24) is 0 Å². The van der Waals surface area contributed by atoms with E-state index in [1.165, 1.54) is 0 Å². The molecule has 58 valence electrons. The summed E-state index contributed by atoms with van der Waals surface area (Å²) in [5.74, 6) is 0.876. The predicted molar refractivity (Wildman–Crippen MR) is 43.9 cm³/mol. The van der Waals surface area contributed by atoms with Gasteiger partial charge in [-0.25, -0.2) is 0 Å². The van der Waals surface area contributed by atoms with Crippen LogP contribution in [0.1, 0.15) is 33.6 Å². The van der Waals surface area contributed by atoms with Gasteiger partial charge in [-0.15, -0.1) is 0 Å². The quantitative estimate of drug-likeness (QED) is 0.548. The molecule has 0 radical (unpaired) electrons. The van der Waals surface area contributed by atoms with Gasteiger partial charge in [-0.2, -0.15) is 0 Å². The molecule has 0 aromatic carbocycles. The molecule has 0 amide bonds. The van der Waals surface area contributed by atoms with Crippen molar-refractivity contribution in [3.05, 3.63) is 12.2 Å². The molecule has 0 aromatic rings. The third kappa shape index (κ3) is 5.54. The van der Waals surface area contributed by atoms with Gasteiger partial charge in [0.2, 0.25) is 0 Å². The van der Waals surface area contributed by atoms with E-state index in [0.29, 0.717) is 12.3 Å². The van der Waals surface area contributed by atoms with Gasteiger partial charge in [0.25, 0.3) is 0 Å². The van der Waals surface area contributed by atoms with E-state index in [2.05, 4.69) is 13.8 Å². The molecule has 0 N–H and O–H groups in total. The summed E-state index contributed by atoms with van der Waals surface area (Å²) in [4.78, 5) is 10.7. The number of allylic oxidation sites excluding steroid dienone is 2. The summed E-state index contributed by atoms with van der Waals surface area (Å²) in [6, 6.07) is 0. The Morgan fingerprint density at radius 3 is 2.50 bits per heavy atom. The highest BCUT2D eigenvalue weighted by molar-refractivity contribution is 5.89. The second-order valence-electron chi connectivity index (χ2n) is 2.85. The highest BCUT2D eigenvalue weighted by Crippen LogP contribution is 1.99. The second kappa shape index (κ2) is 5.21. The summed E-state index contributed by atoms with van der Waals surface area (Å²) in [5.41, 5.74) is 0. The number of hydrogen-bond donors (Lipinski definition) is 0. The third-order valence-electron chi connectivity index (χ3n) is 1.26. The maximum atomic E-state index is 10.7. The Kier molecular flexibility index (Phi) is 4.91. The largest absolute Gasteiger partial charge is 0.295 e. The molecule has 0 rings (SSSR count). The first-order valence-corrected chi connectivity index (χ1v) is 3.86. The number of carbonyl (C=O) groups excluding carboxylic acids is 1. The van der Waals surface area contributed by atoms with Crippen molar-refractivity contribution >= 4 is 5.78 Å². The maximum Gasteiger partial charge on any atom is 0.155 e. The van der Waals surface area contributed by atoms with Crippen LogP contribution in [0.3, 0.4) is 0 Å². The Morgan fingerprint density at radius 1 is 1.50 bits per heavy atom. The summed E-state index contributed by atoms with van der Waals surface area (Å²) in [5, 5.41) is 0. The average Bonchev–Trinajstić information content (AvgIpc) is 1.87. The molecule has 1 nitrogen and oxygen atoms in total. The molecule has 0 saturated carbocycles. The zero-order chi connectivity index (χ0) is 7.98. The lowest BCUT2D eigenvalue weighted by atomic mass is 10.1. The molecule has 0 unspecified atom stereocenters. The van der Waals surface area contributed by atoms with Gasteiger partial charge in [-0.1, -0.05) is 26.8 Å². The van der Waals surface area contributed by atoms with Crippen molar-refractivity contribution in [2.45, 2.75) is 33.6 Å². The molecule has 0 saturated heterocycles. The van der Waals surface area contributed by atoms with Gasteiger partial charge >= 0.3 is 0 Å². The lowest BCUT2D eigenvalue weighted by Crippen LogP contribution is -1.88. The van der Waals surface area contributed by atoms with Crippen LogP contribution in [0, 0.1) is 5.92 Å². The molecule has 0 aliphatic carbocycles. The van der Waals surface area contributed by atoms with Crippen molar-refractivity contribution in [2.24, 2.45) is 5.92 Å². The summed E-state index contributed by atoms with van der Waals surface area (Å²) in [6.07, 6.45) is 5.26. The molecular weight excluding hydrogens is 124 g/mol. The van der Waals surface area contributed by atoms with Crippen LogP contribution >= 0.6 is 0 Å². The molecule has 0 aliphatic heterocycles. The SMILES string of the molecule is CCC(=O)/C=C/CC(C)C. The van der Waals surface area contributed by atoms with Crippen molar-refractivity contribution in [3.8, 4) is 0 Å². The number of hydrogen-bond acceptors (Lipinski definition) is 1. The van der Waals surface area contributed by atoms with E-state index in [4.69, 9.17) is 0 Å². The Morgan fingerprint density at radius 2 is 2.10 bits per heavy atom. The van der Waals surface area contributed by atoms with Crippen LogP contribution in [0.25, 0.3) is 0 Å². The van der Waals surface area contributed by atoms with Gasteiger partial charge in [0.15, 0.2) is 5.78 Å². The van der Waals surface area contributed by atoms with Gasteiger partial charge in [-0.3, -0.25) is 4.79 Å². The van der Waals surface area contributed by atoms with Crippen LogP contribution < -0.4 is 0 Å². The van der Waals surface area contributed by atoms with Crippen molar-refractivity contribution in [1.29, 1.82) is 0 Å². The third-order valence-corrected chi connectivity index (χ3v) is 1.26. The van der Waals surface area contributed by atoms with Gasteiger partial charge < -0.3 is 0 Å². The van der Waals surface area contributed by atoms with Gasteiger partial charge in [0.1, 0.15) is 0 Å². The topological polar surface area (TPSA) is 17.1 Å². The Bertz CT molecular complexity index is 123. The van der Waals surface area contributed by atoms with E-state index in [-0.39, 0.29) is 5.78 Å². The fourth-order valence-corrected chi connectivity index (χ4v) is 0.590. The van der Waals surface area contributed by atoms with Crippen LogP contribution in [0.4, 0.5) is 0 Å². The molecule has 1 heteroatoms. The minimum Gasteiger partial charge on any atom is -0.295 e. The number of rotatable bonds is 4. The molecule has 0 spiro atoms. The molecular formula is C9H16O. The van der Waals surface area contributed by atoms with Crippen molar-refractivity contribution < 1.29 is 4.79 Å². The Labute approximate surface area is 63.1 Å². The molecule has 0 fully saturated rings. The molecule has 0 aliphatic rings. The normalized spacial score (nSPS) is 11.2. The fraction of sp³-hybridized carbons (Fsp3) is 0.667. The van der Waals surface area contributed by atoms with Crippen LogP contribution in [0.5, 0.6) is 0 Å². The highest BCUT2D eigenvalue weighted by Gasteiger charge is 1.90. The zero-order valence-electron chi connectivity index (χ0n) is 7.05. The highest BCUT2D eigenvalue weighted by atomic mass is 16.1. The number of ketones is 1. The summed E-state index contributed by atoms with van der Waals surface area (Å²) in [6.45, 7) is 6.16. The van der Waals surface area contributed by atoms with Crippen LogP contribution in [0.15, 0.2) is 12.2 Å². The van der Waals surface area contributed by atoms with E-state index in [1.807, 2.05) is 13.0 Å². The fourth-order valence-electron chi connectivity index (χ4n) is 0.590. The minimum absolute atomic E-state index is 0.223. The Balaban J connectivity index is 3.46. The first-order chi connectivity index (χ1) is 4.66. The smallest absolute Gasteiger partial charge is 0.155 e. The summed E-state index contributed by atoms with van der Waals surface area (Å²) >= 11 is 0. The minimum atomic E-state index is 0.223. The zero-order valence-corrected chi connectivity index (χ0v) is 7.05. The van der Waals surface area contributed by atoms with Gasteiger partial charge in [0, 0.05) is 6.42 Å². The van der Waals surface area contributed by atoms with E-state index in [1.54, 1.807) is 6.08 Å². The van der Waals surface area contributed by atoms with E-state index in [0.717, 1.165) is 6.42 Å². The van der Waals surface area contributed by atoms with Gasteiger partial charge in [0.05, 0.1) is 0 Å². The lowest BCUT2D eigenvalue weighted by Gasteiger charge is -1.95. The maximum absolute atomic E-state index is 10.7. The standard InChI is InChI=1S/C9H16O/c1-4-9(10)7-5-6-8(2)3/h5,7-8H,4,6H2,1-3H3/b7-5+. The average molecular weight is 140 g/mol. The lowest BCUT2D eigenvalue weighted by molar-refractivity contribution is -0.114. The first kappa shape index (κ1) is 9.41. The van der Waals surface area contributed by atoms with Crippen LogP contribution in [0.2, 0.25) is 0 Å². The summed E-state index contributed by atoms with van der Waals surface area (Å²) in [7, 11) is 0. The molecule has 0 heterocycles. The molecule has 10 heavy (non-hydrogen) atoms. The Hall–Kier alpha value is -0.590. The van der Waals surface area contributed by atoms with Gasteiger partial charge in [-0.05, 0) is 18.4 Å². The predicted octanol–water partition coefficient (Wildman–Crippen LogP) is 2.57. The van der Waals surface area contributed by atoms with E-state index in [9.17, 15) is 4.79 Å². The number of carbonyl (C=O) groups is 1. The second-order valence-corrected chi connectivity index (χ2v) is 2.85. The van der Waals surface area contributed by atoms with E-state index < -0.39 is 0 Å². The first-order valence-electron chi connectivity index (χ1n) is 3.86. The molecule has 0 bridgehead atoms. The molecule has 0 atom stereocenters. The monoisotopic (exact) mass is 140 g/mol. The van der Waals surface area contributed by atoms with Crippen molar-refractivity contribution in [2.75, 3.05) is 0 Å². The van der Waals surface area contributed by atoms with E-state index >= 15 is 0 Å². The molecule has 0 aromatic heterocycles. The van der Waals surface area contributed by atoms with Crippen LogP contribution in [-0.4, -0.2) is 5.78 Å². The van der Waals surface area contributed by atoms with Crippen LogP contribution in [-0.2, 0) is 4.79 Å². The van der Waals surface area contributed by atoms with Crippen molar-refractivity contribution in [3.63, 3.8) is 0 Å².